The normalized spacial score (nSPS) is 20.4. The summed E-state index contributed by atoms with van der Waals surface area (Å²) in [6.45, 7) is 4.38. The molecule has 0 aliphatic carbocycles. The first-order valence-corrected chi connectivity index (χ1v) is 6.71. The van der Waals surface area contributed by atoms with E-state index in [1.165, 1.54) is 12.8 Å². The van der Waals surface area contributed by atoms with Crippen molar-refractivity contribution in [1.82, 2.24) is 0 Å². The van der Waals surface area contributed by atoms with Crippen molar-refractivity contribution in [3.63, 3.8) is 0 Å². The predicted molar refractivity (Wildman–Crippen MR) is 78.0 cm³/mol. The SMILES string of the molecule is CC1CCCN(c2cccc(Cl)c2C(N)=S)C1. The highest BCUT2D eigenvalue weighted by molar-refractivity contribution is 7.80. The highest BCUT2D eigenvalue weighted by atomic mass is 35.5. The second-order valence-corrected chi connectivity index (χ2v) is 5.54. The van der Waals surface area contributed by atoms with E-state index in [4.69, 9.17) is 29.6 Å². The van der Waals surface area contributed by atoms with Gasteiger partial charge in [0, 0.05) is 18.8 Å². The average molecular weight is 269 g/mol. The highest BCUT2D eigenvalue weighted by Gasteiger charge is 2.20. The summed E-state index contributed by atoms with van der Waals surface area (Å²) in [7, 11) is 0. The topological polar surface area (TPSA) is 29.3 Å². The molecule has 1 aromatic rings. The molecule has 1 atom stereocenters. The van der Waals surface area contributed by atoms with Crippen LogP contribution in [0.2, 0.25) is 5.02 Å². The van der Waals surface area contributed by atoms with Crippen LogP contribution in [-0.4, -0.2) is 18.1 Å². The zero-order valence-corrected chi connectivity index (χ0v) is 11.5. The van der Waals surface area contributed by atoms with Gasteiger partial charge in [0.25, 0.3) is 0 Å². The third-order valence-electron chi connectivity index (χ3n) is 3.24. The van der Waals surface area contributed by atoms with Gasteiger partial charge in [0.2, 0.25) is 0 Å². The van der Waals surface area contributed by atoms with Crippen molar-refractivity contribution in [1.29, 1.82) is 0 Å². The summed E-state index contributed by atoms with van der Waals surface area (Å²) in [5, 5.41) is 0.647. The van der Waals surface area contributed by atoms with Gasteiger partial charge >= 0.3 is 0 Å². The summed E-state index contributed by atoms with van der Waals surface area (Å²) >= 11 is 11.3. The number of halogens is 1. The van der Waals surface area contributed by atoms with E-state index in [0.29, 0.717) is 15.9 Å². The van der Waals surface area contributed by atoms with Gasteiger partial charge in [-0.1, -0.05) is 36.8 Å². The quantitative estimate of drug-likeness (QED) is 0.836. The minimum atomic E-state index is 0.379. The Kier molecular flexibility index (Phi) is 3.89. The zero-order chi connectivity index (χ0) is 12.4. The second-order valence-electron chi connectivity index (χ2n) is 4.69. The fraction of sp³-hybridized carbons (Fsp3) is 0.462. The molecule has 2 nitrogen and oxygen atoms in total. The van der Waals surface area contributed by atoms with Crippen molar-refractivity contribution < 1.29 is 0 Å². The van der Waals surface area contributed by atoms with Crippen LogP contribution in [0.1, 0.15) is 25.3 Å². The van der Waals surface area contributed by atoms with E-state index in [0.717, 1.165) is 24.3 Å². The third kappa shape index (κ3) is 2.72. The molecule has 0 radical (unpaired) electrons. The van der Waals surface area contributed by atoms with Crippen molar-refractivity contribution in [2.24, 2.45) is 11.7 Å². The summed E-state index contributed by atoms with van der Waals surface area (Å²) in [5.41, 5.74) is 7.68. The van der Waals surface area contributed by atoms with Crippen LogP contribution in [0.5, 0.6) is 0 Å². The molecule has 1 aromatic carbocycles. The van der Waals surface area contributed by atoms with Crippen LogP contribution < -0.4 is 10.6 Å². The molecule has 0 saturated carbocycles. The monoisotopic (exact) mass is 268 g/mol. The number of rotatable bonds is 2. The summed E-state index contributed by atoms with van der Waals surface area (Å²) < 4.78 is 0. The standard InChI is InChI=1S/C13H17ClN2S/c1-9-4-3-7-16(8-9)11-6-2-5-10(14)12(11)13(15)17/h2,5-6,9H,3-4,7-8H2,1H3,(H2,15,17). The molecule has 2 rings (SSSR count). The van der Waals surface area contributed by atoms with Crippen LogP contribution in [0.25, 0.3) is 0 Å². The van der Waals surface area contributed by atoms with E-state index in [-0.39, 0.29) is 0 Å². The van der Waals surface area contributed by atoms with E-state index in [9.17, 15) is 0 Å². The maximum absolute atomic E-state index is 6.19. The average Bonchev–Trinajstić information content (AvgIpc) is 2.28. The fourth-order valence-electron chi connectivity index (χ4n) is 2.43. The number of thiocarbonyl (C=S) groups is 1. The van der Waals surface area contributed by atoms with Gasteiger partial charge in [-0.2, -0.15) is 0 Å². The number of piperidine rings is 1. The Balaban J connectivity index is 2.37. The van der Waals surface area contributed by atoms with Crippen LogP contribution in [0.3, 0.4) is 0 Å². The van der Waals surface area contributed by atoms with Crippen LogP contribution >= 0.6 is 23.8 Å². The lowest BCUT2D eigenvalue weighted by Crippen LogP contribution is -2.35. The van der Waals surface area contributed by atoms with Crippen LogP contribution in [-0.2, 0) is 0 Å². The van der Waals surface area contributed by atoms with Crippen molar-refractivity contribution in [3.8, 4) is 0 Å². The Labute approximate surface area is 113 Å². The fourth-order valence-corrected chi connectivity index (χ4v) is 2.97. The molecule has 0 aromatic heterocycles. The van der Waals surface area contributed by atoms with Gasteiger partial charge in [-0.15, -0.1) is 0 Å². The van der Waals surface area contributed by atoms with Gasteiger partial charge in [0.1, 0.15) is 4.99 Å². The van der Waals surface area contributed by atoms with E-state index in [1.54, 1.807) is 0 Å². The number of anilines is 1. The van der Waals surface area contributed by atoms with Gasteiger partial charge in [-0.25, -0.2) is 0 Å². The van der Waals surface area contributed by atoms with Gasteiger partial charge in [0.15, 0.2) is 0 Å². The molecular formula is C13H17ClN2S. The molecule has 92 valence electrons. The summed E-state index contributed by atoms with van der Waals surface area (Å²) in [4.78, 5) is 2.72. The maximum Gasteiger partial charge on any atom is 0.107 e. The molecule has 1 fully saturated rings. The van der Waals surface area contributed by atoms with Gasteiger partial charge in [0.05, 0.1) is 10.6 Å². The Hall–Kier alpha value is -0.800. The summed E-state index contributed by atoms with van der Waals surface area (Å²) in [6, 6.07) is 5.85. The van der Waals surface area contributed by atoms with E-state index >= 15 is 0 Å². The Morgan fingerprint density at radius 3 is 2.94 bits per heavy atom. The largest absolute Gasteiger partial charge is 0.389 e. The molecule has 0 spiro atoms. The first kappa shape index (κ1) is 12.7. The van der Waals surface area contributed by atoms with Crippen LogP contribution in [0.15, 0.2) is 18.2 Å². The van der Waals surface area contributed by atoms with E-state index < -0.39 is 0 Å². The number of nitrogens with zero attached hydrogens (tertiary/aromatic N) is 1. The molecule has 17 heavy (non-hydrogen) atoms. The van der Waals surface area contributed by atoms with Crippen LogP contribution in [0, 0.1) is 5.92 Å². The van der Waals surface area contributed by atoms with E-state index in [1.807, 2.05) is 12.1 Å². The molecule has 2 N–H and O–H groups in total. The molecule has 4 heteroatoms. The van der Waals surface area contributed by atoms with Crippen molar-refractivity contribution in [3.05, 3.63) is 28.8 Å². The first-order chi connectivity index (χ1) is 8.09. The minimum absolute atomic E-state index is 0.379. The number of benzene rings is 1. The molecule has 0 amide bonds. The summed E-state index contributed by atoms with van der Waals surface area (Å²) in [5.74, 6) is 0.710. The Morgan fingerprint density at radius 2 is 2.29 bits per heavy atom. The molecule has 1 aliphatic rings. The van der Waals surface area contributed by atoms with Crippen molar-refractivity contribution in [2.45, 2.75) is 19.8 Å². The van der Waals surface area contributed by atoms with Gasteiger partial charge in [-0.3, -0.25) is 0 Å². The zero-order valence-electron chi connectivity index (χ0n) is 9.95. The number of hydrogen-bond acceptors (Lipinski definition) is 2. The molecule has 0 bridgehead atoms. The molecule has 1 heterocycles. The Morgan fingerprint density at radius 1 is 1.53 bits per heavy atom. The van der Waals surface area contributed by atoms with Gasteiger partial charge < -0.3 is 10.6 Å². The highest BCUT2D eigenvalue weighted by Crippen LogP contribution is 2.30. The first-order valence-electron chi connectivity index (χ1n) is 5.93. The lowest BCUT2D eigenvalue weighted by atomic mass is 9.99. The molecular weight excluding hydrogens is 252 g/mol. The molecule has 1 unspecified atom stereocenters. The van der Waals surface area contributed by atoms with Crippen LogP contribution in [0.4, 0.5) is 5.69 Å². The van der Waals surface area contributed by atoms with Crippen molar-refractivity contribution >= 4 is 34.5 Å². The lowest BCUT2D eigenvalue weighted by molar-refractivity contribution is 0.447. The summed E-state index contributed by atoms with van der Waals surface area (Å²) in [6.07, 6.45) is 2.50. The number of nitrogens with two attached hydrogens (primary N) is 1. The second kappa shape index (κ2) is 5.23. The number of hydrogen-bond donors (Lipinski definition) is 1. The Bertz CT molecular complexity index is 433. The lowest BCUT2D eigenvalue weighted by Gasteiger charge is -2.34. The predicted octanol–water partition coefficient (Wildman–Crippen LogP) is 3.21. The van der Waals surface area contributed by atoms with Crippen molar-refractivity contribution in [2.75, 3.05) is 18.0 Å². The smallest absolute Gasteiger partial charge is 0.107 e. The minimum Gasteiger partial charge on any atom is -0.389 e. The van der Waals surface area contributed by atoms with Gasteiger partial charge in [-0.05, 0) is 30.9 Å². The van der Waals surface area contributed by atoms with E-state index in [2.05, 4.69) is 17.9 Å². The maximum atomic E-state index is 6.19. The molecule has 1 saturated heterocycles. The molecule has 1 aliphatic heterocycles. The third-order valence-corrected chi connectivity index (χ3v) is 3.75.